The fourth-order valence-corrected chi connectivity index (χ4v) is 2.30. The van der Waals surface area contributed by atoms with Gasteiger partial charge in [-0.1, -0.05) is 6.92 Å². The van der Waals surface area contributed by atoms with E-state index in [2.05, 4.69) is 15.6 Å². The molecule has 0 aromatic carbocycles. The van der Waals surface area contributed by atoms with Gasteiger partial charge in [0, 0.05) is 39.3 Å². The Balaban J connectivity index is 2.61. The molecular formula is C15H28F3N5O. The Morgan fingerprint density at radius 3 is 2.62 bits per heavy atom. The van der Waals surface area contributed by atoms with Crippen LogP contribution in [0.1, 0.15) is 26.7 Å². The minimum absolute atomic E-state index is 0.00223. The molecule has 0 bridgehead atoms. The first kappa shape index (κ1) is 20.5. The van der Waals surface area contributed by atoms with Crippen LogP contribution in [0.3, 0.4) is 0 Å². The SMILES string of the molecule is CCC(C)NC(=NCC(=O)N(C)C)NC1CCN(CC(F)(F)F)C1. The Kier molecular flexibility index (Phi) is 7.78. The zero-order valence-corrected chi connectivity index (χ0v) is 14.8. The van der Waals surface area contributed by atoms with Crippen molar-refractivity contribution in [3.63, 3.8) is 0 Å². The molecule has 1 heterocycles. The first-order valence-electron chi connectivity index (χ1n) is 8.17. The van der Waals surface area contributed by atoms with E-state index >= 15 is 0 Å². The van der Waals surface area contributed by atoms with Gasteiger partial charge in [-0.3, -0.25) is 9.69 Å². The summed E-state index contributed by atoms with van der Waals surface area (Å²) in [4.78, 5) is 18.8. The second-order valence-electron chi connectivity index (χ2n) is 6.39. The van der Waals surface area contributed by atoms with Crippen molar-refractivity contribution in [2.45, 2.75) is 44.9 Å². The number of carbonyl (C=O) groups excluding carboxylic acids is 1. The number of rotatable bonds is 6. The Morgan fingerprint density at radius 1 is 1.42 bits per heavy atom. The molecule has 0 aromatic heterocycles. The van der Waals surface area contributed by atoms with Crippen LogP contribution in [0.4, 0.5) is 13.2 Å². The number of alkyl halides is 3. The predicted octanol–water partition coefficient (Wildman–Crippen LogP) is 1.04. The molecule has 2 atom stereocenters. The molecule has 1 rings (SSSR count). The van der Waals surface area contributed by atoms with Gasteiger partial charge >= 0.3 is 6.18 Å². The molecule has 0 spiro atoms. The van der Waals surface area contributed by atoms with Crippen LogP contribution in [-0.2, 0) is 4.79 Å². The summed E-state index contributed by atoms with van der Waals surface area (Å²) in [5.41, 5.74) is 0. The van der Waals surface area contributed by atoms with Gasteiger partial charge in [-0.2, -0.15) is 13.2 Å². The van der Waals surface area contributed by atoms with Gasteiger partial charge in [0.25, 0.3) is 0 Å². The van der Waals surface area contributed by atoms with Crippen LogP contribution in [0.2, 0.25) is 0 Å². The molecule has 0 aliphatic carbocycles. The van der Waals surface area contributed by atoms with Crippen molar-refractivity contribution in [3.8, 4) is 0 Å². The molecule has 1 aliphatic rings. The number of likely N-dealkylation sites (N-methyl/N-ethyl adjacent to an activating group) is 1. The maximum Gasteiger partial charge on any atom is 0.401 e. The largest absolute Gasteiger partial charge is 0.401 e. The van der Waals surface area contributed by atoms with E-state index in [1.54, 1.807) is 14.1 Å². The predicted molar refractivity (Wildman–Crippen MR) is 87.9 cm³/mol. The fourth-order valence-electron chi connectivity index (χ4n) is 2.30. The number of hydrogen-bond acceptors (Lipinski definition) is 3. The summed E-state index contributed by atoms with van der Waals surface area (Å²) >= 11 is 0. The van der Waals surface area contributed by atoms with Crippen LogP contribution in [0.25, 0.3) is 0 Å². The second kappa shape index (κ2) is 9.10. The van der Waals surface area contributed by atoms with E-state index in [-0.39, 0.29) is 24.5 Å². The van der Waals surface area contributed by atoms with Crippen LogP contribution in [-0.4, -0.2) is 80.2 Å². The lowest BCUT2D eigenvalue weighted by atomic mass is 10.2. The van der Waals surface area contributed by atoms with E-state index in [1.807, 2.05) is 13.8 Å². The van der Waals surface area contributed by atoms with Crippen molar-refractivity contribution >= 4 is 11.9 Å². The first-order valence-corrected chi connectivity index (χ1v) is 8.17. The zero-order chi connectivity index (χ0) is 18.3. The topological polar surface area (TPSA) is 60.0 Å². The molecule has 1 fully saturated rings. The zero-order valence-electron chi connectivity index (χ0n) is 14.8. The lowest BCUT2D eigenvalue weighted by molar-refractivity contribution is -0.143. The van der Waals surface area contributed by atoms with Crippen molar-refractivity contribution < 1.29 is 18.0 Å². The summed E-state index contributed by atoms with van der Waals surface area (Å²) in [6, 6.07) is 0.0375. The third-order valence-electron chi connectivity index (χ3n) is 3.88. The standard InChI is InChI=1S/C15H28F3N5O/c1-5-11(2)20-14(19-8-13(24)22(3)4)21-12-6-7-23(9-12)10-15(16,17)18/h11-12H,5-10H2,1-4H3,(H2,19,20,21). The first-order chi connectivity index (χ1) is 11.1. The summed E-state index contributed by atoms with van der Waals surface area (Å²) in [6.45, 7) is 3.80. The van der Waals surface area contributed by atoms with Gasteiger partial charge in [0.1, 0.15) is 6.54 Å². The number of aliphatic imine (C=N–C) groups is 1. The highest BCUT2D eigenvalue weighted by Crippen LogP contribution is 2.19. The quantitative estimate of drug-likeness (QED) is 0.555. The maximum absolute atomic E-state index is 12.5. The summed E-state index contributed by atoms with van der Waals surface area (Å²) < 4.78 is 37.4. The van der Waals surface area contributed by atoms with Crippen LogP contribution in [0.5, 0.6) is 0 Å². The van der Waals surface area contributed by atoms with E-state index < -0.39 is 12.7 Å². The molecule has 140 valence electrons. The molecule has 0 radical (unpaired) electrons. The van der Waals surface area contributed by atoms with Gasteiger partial charge in [0.05, 0.1) is 6.54 Å². The molecule has 6 nitrogen and oxygen atoms in total. The van der Waals surface area contributed by atoms with Crippen molar-refractivity contribution in [2.24, 2.45) is 4.99 Å². The summed E-state index contributed by atoms with van der Waals surface area (Å²) in [5.74, 6) is 0.337. The summed E-state index contributed by atoms with van der Waals surface area (Å²) in [6.07, 6.45) is -2.70. The van der Waals surface area contributed by atoms with E-state index in [4.69, 9.17) is 0 Å². The summed E-state index contributed by atoms with van der Waals surface area (Å²) in [5, 5.41) is 6.33. The van der Waals surface area contributed by atoms with Gasteiger partial charge in [-0.25, -0.2) is 4.99 Å². The number of guanidine groups is 1. The Labute approximate surface area is 141 Å². The van der Waals surface area contributed by atoms with Gasteiger partial charge < -0.3 is 15.5 Å². The Morgan fingerprint density at radius 2 is 2.08 bits per heavy atom. The number of halogens is 3. The number of amides is 1. The minimum atomic E-state index is -4.18. The molecule has 1 aliphatic heterocycles. The molecule has 9 heteroatoms. The molecule has 1 amide bonds. The smallest absolute Gasteiger partial charge is 0.354 e. The lowest BCUT2D eigenvalue weighted by Gasteiger charge is -2.22. The Bertz CT molecular complexity index is 439. The average Bonchev–Trinajstić information content (AvgIpc) is 2.88. The third kappa shape index (κ3) is 7.85. The van der Waals surface area contributed by atoms with Crippen LogP contribution in [0.15, 0.2) is 4.99 Å². The van der Waals surface area contributed by atoms with E-state index in [9.17, 15) is 18.0 Å². The lowest BCUT2D eigenvalue weighted by Crippen LogP contribution is -2.48. The monoisotopic (exact) mass is 351 g/mol. The van der Waals surface area contributed by atoms with E-state index in [1.165, 1.54) is 9.80 Å². The molecule has 0 aromatic rings. The van der Waals surface area contributed by atoms with Gasteiger partial charge in [-0.15, -0.1) is 0 Å². The molecule has 1 saturated heterocycles. The second-order valence-corrected chi connectivity index (χ2v) is 6.39. The molecule has 24 heavy (non-hydrogen) atoms. The molecule has 2 unspecified atom stereocenters. The fraction of sp³-hybridized carbons (Fsp3) is 0.867. The van der Waals surface area contributed by atoms with Gasteiger partial charge in [0.15, 0.2) is 5.96 Å². The van der Waals surface area contributed by atoms with Crippen molar-refractivity contribution in [3.05, 3.63) is 0 Å². The highest BCUT2D eigenvalue weighted by atomic mass is 19.4. The number of carbonyl (C=O) groups is 1. The van der Waals surface area contributed by atoms with Crippen molar-refractivity contribution in [1.82, 2.24) is 20.4 Å². The number of hydrogen-bond donors (Lipinski definition) is 2. The highest BCUT2D eigenvalue weighted by Gasteiger charge is 2.34. The molecule has 2 N–H and O–H groups in total. The van der Waals surface area contributed by atoms with Crippen molar-refractivity contribution in [1.29, 1.82) is 0 Å². The van der Waals surface area contributed by atoms with E-state index in [0.29, 0.717) is 25.5 Å². The molecular weight excluding hydrogens is 323 g/mol. The maximum atomic E-state index is 12.5. The van der Waals surface area contributed by atoms with Crippen LogP contribution < -0.4 is 10.6 Å². The normalized spacial score (nSPS) is 20.8. The van der Waals surface area contributed by atoms with Gasteiger partial charge in [-0.05, 0) is 19.8 Å². The third-order valence-corrected chi connectivity index (χ3v) is 3.88. The van der Waals surface area contributed by atoms with Gasteiger partial charge in [0.2, 0.25) is 5.91 Å². The number of nitrogens with zero attached hydrogens (tertiary/aromatic N) is 3. The average molecular weight is 351 g/mol. The highest BCUT2D eigenvalue weighted by molar-refractivity contribution is 5.85. The summed E-state index contributed by atoms with van der Waals surface area (Å²) in [7, 11) is 3.30. The van der Waals surface area contributed by atoms with Crippen LogP contribution >= 0.6 is 0 Å². The Hall–Kier alpha value is -1.51. The number of likely N-dealkylation sites (tertiary alicyclic amines) is 1. The van der Waals surface area contributed by atoms with Crippen molar-refractivity contribution in [2.75, 3.05) is 40.3 Å². The van der Waals surface area contributed by atoms with E-state index in [0.717, 1.165) is 6.42 Å². The van der Waals surface area contributed by atoms with Crippen LogP contribution in [0, 0.1) is 0 Å². The number of nitrogens with one attached hydrogen (secondary N) is 2. The minimum Gasteiger partial charge on any atom is -0.354 e. The molecule has 0 saturated carbocycles.